The first-order valence-corrected chi connectivity index (χ1v) is 3.69. The summed E-state index contributed by atoms with van der Waals surface area (Å²) in [5.74, 6) is 0. The summed E-state index contributed by atoms with van der Waals surface area (Å²) in [7, 11) is 0. The van der Waals surface area contributed by atoms with E-state index in [0.717, 1.165) is 0 Å². The van der Waals surface area contributed by atoms with E-state index in [1.807, 2.05) is 0 Å². The molecular formula is C8H4ClNO2. The molecule has 1 aromatic carbocycles. The summed E-state index contributed by atoms with van der Waals surface area (Å²) in [5, 5.41) is 4.63. The molecule has 2 aromatic rings. The first-order chi connectivity index (χ1) is 5.83. The molecule has 0 saturated carbocycles. The van der Waals surface area contributed by atoms with E-state index in [9.17, 15) is 4.79 Å². The molecule has 0 unspecified atom stereocenters. The number of aldehydes is 1. The standard InChI is InChI=1S/C8H4ClNO2/c9-7-1-2-8-5(3-10-12-8)6(7)4-11/h1-4H. The molecular weight excluding hydrogens is 178 g/mol. The summed E-state index contributed by atoms with van der Waals surface area (Å²) in [5.41, 5.74) is 0.997. The highest BCUT2D eigenvalue weighted by Crippen LogP contribution is 2.23. The first kappa shape index (κ1) is 7.31. The second-order valence-corrected chi connectivity index (χ2v) is 2.72. The van der Waals surface area contributed by atoms with Gasteiger partial charge in [-0.25, -0.2) is 0 Å². The molecule has 0 aliphatic carbocycles. The van der Waals surface area contributed by atoms with Crippen molar-refractivity contribution >= 4 is 28.9 Å². The monoisotopic (exact) mass is 181 g/mol. The van der Waals surface area contributed by atoms with E-state index in [1.54, 1.807) is 12.1 Å². The van der Waals surface area contributed by atoms with Gasteiger partial charge in [-0.3, -0.25) is 4.79 Å². The average molecular weight is 182 g/mol. The third-order valence-corrected chi connectivity index (χ3v) is 1.97. The quantitative estimate of drug-likeness (QED) is 0.634. The lowest BCUT2D eigenvalue weighted by Gasteiger charge is -1.94. The lowest BCUT2D eigenvalue weighted by molar-refractivity contribution is 0.112. The number of rotatable bonds is 1. The van der Waals surface area contributed by atoms with Crippen LogP contribution in [-0.4, -0.2) is 11.4 Å². The van der Waals surface area contributed by atoms with Crippen molar-refractivity contribution in [1.82, 2.24) is 5.16 Å². The lowest BCUT2D eigenvalue weighted by Crippen LogP contribution is -1.81. The number of halogens is 1. The maximum atomic E-state index is 10.6. The van der Waals surface area contributed by atoms with Crippen LogP contribution >= 0.6 is 11.6 Å². The Labute approximate surface area is 72.9 Å². The fourth-order valence-electron chi connectivity index (χ4n) is 1.06. The molecule has 0 atom stereocenters. The smallest absolute Gasteiger partial charge is 0.167 e. The molecule has 1 aromatic heterocycles. The highest BCUT2D eigenvalue weighted by atomic mass is 35.5. The van der Waals surface area contributed by atoms with Crippen molar-refractivity contribution in [3.8, 4) is 0 Å². The Morgan fingerprint density at radius 3 is 3.08 bits per heavy atom. The van der Waals surface area contributed by atoms with Crippen molar-refractivity contribution in [2.24, 2.45) is 0 Å². The van der Waals surface area contributed by atoms with Gasteiger partial charge in [0.05, 0.1) is 16.6 Å². The lowest BCUT2D eigenvalue weighted by atomic mass is 10.1. The Hall–Kier alpha value is -1.35. The Morgan fingerprint density at radius 1 is 1.50 bits per heavy atom. The summed E-state index contributed by atoms with van der Waals surface area (Å²) in [4.78, 5) is 10.6. The van der Waals surface area contributed by atoms with Gasteiger partial charge in [-0.15, -0.1) is 0 Å². The molecule has 0 fully saturated rings. The minimum absolute atomic E-state index is 0.417. The van der Waals surface area contributed by atoms with Crippen LogP contribution in [0.1, 0.15) is 10.4 Å². The van der Waals surface area contributed by atoms with Crippen LogP contribution in [0.25, 0.3) is 11.0 Å². The Bertz CT molecular complexity index is 436. The molecule has 4 heteroatoms. The van der Waals surface area contributed by atoms with Crippen LogP contribution in [-0.2, 0) is 0 Å². The van der Waals surface area contributed by atoms with Gasteiger partial charge in [-0.1, -0.05) is 16.8 Å². The zero-order valence-corrected chi connectivity index (χ0v) is 6.71. The molecule has 2 rings (SSSR count). The summed E-state index contributed by atoms with van der Waals surface area (Å²) >= 11 is 5.76. The number of fused-ring (bicyclic) bond motifs is 1. The van der Waals surface area contributed by atoms with Gasteiger partial charge < -0.3 is 4.52 Å². The van der Waals surface area contributed by atoms with Crippen LogP contribution < -0.4 is 0 Å². The number of hydrogen-bond acceptors (Lipinski definition) is 3. The number of nitrogens with zero attached hydrogens (tertiary/aromatic N) is 1. The highest BCUT2D eigenvalue weighted by Gasteiger charge is 2.07. The van der Waals surface area contributed by atoms with Gasteiger partial charge in [0.2, 0.25) is 0 Å². The maximum Gasteiger partial charge on any atom is 0.167 e. The largest absolute Gasteiger partial charge is 0.356 e. The van der Waals surface area contributed by atoms with Crippen LogP contribution in [0.15, 0.2) is 22.9 Å². The van der Waals surface area contributed by atoms with Gasteiger partial charge in [-0.2, -0.15) is 0 Å². The van der Waals surface area contributed by atoms with Gasteiger partial charge in [0, 0.05) is 5.56 Å². The van der Waals surface area contributed by atoms with E-state index in [1.165, 1.54) is 6.20 Å². The molecule has 60 valence electrons. The molecule has 3 nitrogen and oxygen atoms in total. The summed E-state index contributed by atoms with van der Waals surface area (Å²) < 4.78 is 4.85. The maximum absolute atomic E-state index is 10.6. The number of carbonyl (C=O) groups is 1. The van der Waals surface area contributed by atoms with E-state index in [-0.39, 0.29) is 0 Å². The topological polar surface area (TPSA) is 43.1 Å². The SMILES string of the molecule is O=Cc1c(Cl)ccc2oncc12. The van der Waals surface area contributed by atoms with Crippen LogP contribution in [0.5, 0.6) is 0 Å². The molecule has 0 saturated heterocycles. The van der Waals surface area contributed by atoms with Crippen LogP contribution in [0.4, 0.5) is 0 Å². The van der Waals surface area contributed by atoms with Gasteiger partial charge >= 0.3 is 0 Å². The van der Waals surface area contributed by atoms with Crippen molar-refractivity contribution in [3.63, 3.8) is 0 Å². The van der Waals surface area contributed by atoms with Gasteiger partial charge in [0.25, 0.3) is 0 Å². The molecule has 0 N–H and O–H groups in total. The number of benzene rings is 1. The van der Waals surface area contributed by atoms with E-state index >= 15 is 0 Å². The molecule has 12 heavy (non-hydrogen) atoms. The predicted octanol–water partition coefficient (Wildman–Crippen LogP) is 2.29. The van der Waals surface area contributed by atoms with E-state index < -0.39 is 0 Å². The highest BCUT2D eigenvalue weighted by molar-refractivity contribution is 6.34. The fourth-order valence-corrected chi connectivity index (χ4v) is 1.27. The zero-order chi connectivity index (χ0) is 8.55. The molecule has 0 bridgehead atoms. The second-order valence-electron chi connectivity index (χ2n) is 2.32. The summed E-state index contributed by atoms with van der Waals surface area (Å²) in [6.45, 7) is 0. The van der Waals surface area contributed by atoms with Gasteiger partial charge in [0.1, 0.15) is 0 Å². The first-order valence-electron chi connectivity index (χ1n) is 3.31. The zero-order valence-electron chi connectivity index (χ0n) is 5.95. The van der Waals surface area contributed by atoms with E-state index in [2.05, 4.69) is 5.16 Å². The van der Waals surface area contributed by atoms with Crippen LogP contribution in [0.2, 0.25) is 5.02 Å². The van der Waals surface area contributed by atoms with Crippen molar-refractivity contribution < 1.29 is 9.32 Å². The average Bonchev–Trinajstić information content (AvgIpc) is 2.52. The predicted molar refractivity (Wildman–Crippen MR) is 44.4 cm³/mol. The third-order valence-electron chi connectivity index (χ3n) is 1.64. The third kappa shape index (κ3) is 0.905. The fraction of sp³-hybridized carbons (Fsp3) is 0. The minimum Gasteiger partial charge on any atom is -0.356 e. The van der Waals surface area contributed by atoms with Gasteiger partial charge in [0.15, 0.2) is 11.9 Å². The Morgan fingerprint density at radius 2 is 2.33 bits per heavy atom. The second kappa shape index (κ2) is 2.60. The van der Waals surface area contributed by atoms with Crippen LogP contribution in [0, 0.1) is 0 Å². The molecule has 0 amide bonds. The number of hydrogen-bond donors (Lipinski definition) is 0. The van der Waals surface area contributed by atoms with Crippen molar-refractivity contribution in [2.45, 2.75) is 0 Å². The van der Waals surface area contributed by atoms with E-state index in [4.69, 9.17) is 16.1 Å². The molecule has 0 aliphatic rings. The van der Waals surface area contributed by atoms with Crippen LogP contribution in [0.3, 0.4) is 0 Å². The molecule has 1 heterocycles. The molecule has 0 aliphatic heterocycles. The number of carbonyl (C=O) groups excluding carboxylic acids is 1. The molecule has 0 spiro atoms. The van der Waals surface area contributed by atoms with Crippen molar-refractivity contribution in [3.05, 3.63) is 28.9 Å². The normalized spacial score (nSPS) is 10.4. The van der Waals surface area contributed by atoms with Crippen molar-refractivity contribution in [2.75, 3.05) is 0 Å². The number of aromatic nitrogens is 1. The van der Waals surface area contributed by atoms with Gasteiger partial charge in [-0.05, 0) is 12.1 Å². The Balaban J connectivity index is 2.91. The summed E-state index contributed by atoms with van der Waals surface area (Å²) in [6, 6.07) is 3.29. The Kier molecular flexibility index (Phi) is 1.59. The summed E-state index contributed by atoms with van der Waals surface area (Å²) in [6.07, 6.45) is 2.17. The van der Waals surface area contributed by atoms with Crippen molar-refractivity contribution in [1.29, 1.82) is 0 Å². The molecule has 0 radical (unpaired) electrons. The van der Waals surface area contributed by atoms with E-state index in [0.29, 0.717) is 27.8 Å². The minimum atomic E-state index is 0.417.